The van der Waals surface area contributed by atoms with Gasteiger partial charge in [0.15, 0.2) is 20.0 Å². The Morgan fingerprint density at radius 1 is 0.653 bits per heavy atom. The first-order chi connectivity index (χ1) is 22.4. The van der Waals surface area contributed by atoms with Gasteiger partial charge in [-0.25, -0.2) is 16.8 Å². The molecule has 1 saturated heterocycles. The van der Waals surface area contributed by atoms with Crippen LogP contribution in [-0.2, 0) is 47.2 Å². The van der Waals surface area contributed by atoms with Crippen molar-refractivity contribution in [2.75, 3.05) is 31.2 Å². The van der Waals surface area contributed by atoms with Crippen LogP contribution in [0, 0.1) is 35.5 Å². The van der Waals surface area contributed by atoms with Crippen LogP contribution in [0.25, 0.3) is 4.13 Å². The molecule has 49 heavy (non-hydrogen) atoms. The summed E-state index contributed by atoms with van der Waals surface area (Å²) in [5, 5.41) is 3.18. The fraction of sp³-hybridized carbons (Fsp3) is 0.812. The van der Waals surface area contributed by atoms with Crippen LogP contribution in [0.1, 0.15) is 77.0 Å². The molecule has 0 aromatic heterocycles. The van der Waals surface area contributed by atoms with Gasteiger partial charge in [-0.3, -0.25) is 0 Å². The molecule has 8 bridgehead atoms. The van der Waals surface area contributed by atoms with Gasteiger partial charge in [0.05, 0.1) is 13.2 Å². The minimum atomic E-state index is -6.72. The van der Waals surface area contributed by atoms with E-state index in [-0.39, 0.29) is 30.3 Å². The van der Waals surface area contributed by atoms with E-state index in [1.807, 2.05) is 5.30 Å². The summed E-state index contributed by atoms with van der Waals surface area (Å²) in [5.41, 5.74) is -10.8. The third-order valence-electron chi connectivity index (χ3n) is 12.2. The van der Waals surface area contributed by atoms with Gasteiger partial charge in [0.25, 0.3) is 0 Å². The van der Waals surface area contributed by atoms with Crippen LogP contribution in [0.15, 0.2) is 24.3 Å². The van der Waals surface area contributed by atoms with Gasteiger partial charge in [-0.05, 0) is 129 Å². The number of hydrogen-bond donors (Lipinski definition) is 0. The zero-order chi connectivity index (χ0) is 34.3. The van der Waals surface area contributed by atoms with Crippen molar-refractivity contribution in [1.29, 1.82) is 0 Å². The van der Waals surface area contributed by atoms with Crippen LogP contribution < -0.4 is 10.2 Å². The Labute approximate surface area is 301 Å². The molecule has 0 unspecified atom stereocenters. The standard InChI is InChI=1S/C30H42NOP.C2F6NO4S2.Au/c1-2-4-28(27(3-1)31-5-7-32-8-6-31)33(29-15-21-9-22(16-29)11-23(10-21)17-29)30-18-24-12-25(19-30)14-26(13-24)20-30;3-1(4,5)14(10,11)9-15(12,13)2(6,7)8;/h1-4,21-26H,5-20H2;;/q;-1;+1. The van der Waals surface area contributed by atoms with E-state index in [4.69, 9.17) is 4.74 Å². The average Bonchev–Trinajstić information content (AvgIpc) is 2.95. The molecule has 0 spiro atoms. The van der Waals surface area contributed by atoms with E-state index in [2.05, 4.69) is 29.2 Å². The SMILES string of the molecule is O=S(=O)([N-]S(=O)(=O)C(F)(F)F)C(F)(F)F.[Au+].c1ccc(P(C23CC4CC(CC(C4)C2)C3)C23CC4CC(CC(C4)C2)C3)c(N2CCOCC2)c1. The maximum atomic E-state index is 11.4. The van der Waals surface area contributed by atoms with E-state index in [9.17, 15) is 43.2 Å². The van der Waals surface area contributed by atoms with E-state index in [1.165, 1.54) is 0 Å². The monoisotopic (exact) mass is 940 g/mol. The van der Waals surface area contributed by atoms with Crippen molar-refractivity contribution in [1.82, 2.24) is 0 Å². The maximum Gasteiger partial charge on any atom is 1.00 e. The van der Waals surface area contributed by atoms with E-state index >= 15 is 0 Å². The second-order valence-corrected chi connectivity index (χ2v) is 22.1. The zero-order valence-electron chi connectivity index (χ0n) is 26.9. The first-order valence-corrected chi connectivity index (χ1v) is 21.2. The second kappa shape index (κ2) is 13.5. The number of anilines is 1. The average molecular weight is 941 g/mol. The summed E-state index contributed by atoms with van der Waals surface area (Å²) < 4.78 is 115. The largest absolute Gasteiger partial charge is 1.00 e. The molecule has 280 valence electrons. The predicted octanol–water partition coefficient (Wildman–Crippen LogP) is 7.62. The molecule has 9 aliphatic rings. The minimum Gasteiger partial charge on any atom is -0.421 e. The number of alkyl halides is 6. The van der Waals surface area contributed by atoms with Crippen molar-refractivity contribution in [2.24, 2.45) is 35.5 Å². The molecule has 1 heterocycles. The van der Waals surface area contributed by atoms with E-state index in [0.29, 0.717) is 10.3 Å². The Kier molecular flexibility index (Phi) is 10.5. The van der Waals surface area contributed by atoms with Gasteiger partial charge in [-0.1, -0.05) is 26.1 Å². The Morgan fingerprint density at radius 3 is 1.35 bits per heavy atom. The minimum absolute atomic E-state index is 0. The molecule has 1 aliphatic heterocycles. The number of nitrogens with zero attached hydrogens (tertiary/aromatic N) is 2. The smallest absolute Gasteiger partial charge is 0.421 e. The first-order valence-electron chi connectivity index (χ1n) is 17.0. The van der Waals surface area contributed by atoms with Crippen LogP contribution in [0.4, 0.5) is 32.0 Å². The molecule has 8 aliphatic carbocycles. The Hall–Kier alpha value is -0.410. The van der Waals surface area contributed by atoms with Gasteiger partial charge in [0, 0.05) is 24.1 Å². The third-order valence-corrected chi connectivity index (χ3v) is 18.8. The van der Waals surface area contributed by atoms with Crippen molar-refractivity contribution in [3.05, 3.63) is 28.4 Å². The molecule has 9 fully saturated rings. The van der Waals surface area contributed by atoms with Crippen molar-refractivity contribution in [3.8, 4) is 0 Å². The molecule has 10 rings (SSSR count). The fourth-order valence-corrected chi connectivity index (χ4v) is 18.7. The number of halogens is 6. The van der Waals surface area contributed by atoms with Gasteiger partial charge in [0.2, 0.25) is 0 Å². The van der Waals surface area contributed by atoms with Gasteiger partial charge in [-0.15, -0.1) is 0 Å². The van der Waals surface area contributed by atoms with Crippen molar-refractivity contribution in [2.45, 2.75) is 98.4 Å². The zero-order valence-corrected chi connectivity index (χ0v) is 31.5. The van der Waals surface area contributed by atoms with Crippen molar-refractivity contribution in [3.63, 3.8) is 0 Å². The Morgan fingerprint density at radius 2 is 1.00 bits per heavy atom. The second-order valence-electron chi connectivity index (χ2n) is 15.6. The summed E-state index contributed by atoms with van der Waals surface area (Å²) >= 11 is 0. The summed E-state index contributed by atoms with van der Waals surface area (Å²) in [5.74, 6) is 6.37. The predicted molar refractivity (Wildman–Crippen MR) is 171 cm³/mol. The molecule has 1 aromatic rings. The summed E-state index contributed by atoms with van der Waals surface area (Å²) in [6.45, 7) is 3.98. The van der Waals surface area contributed by atoms with E-state index in [0.717, 1.165) is 65.9 Å². The summed E-state index contributed by atoms with van der Waals surface area (Å²) in [4.78, 5) is 2.72. The first kappa shape index (κ1) is 38.3. The fourth-order valence-electron chi connectivity index (χ4n) is 11.6. The summed E-state index contributed by atoms with van der Waals surface area (Å²) in [7, 11) is -13.6. The maximum absolute atomic E-state index is 11.4. The molecule has 17 heteroatoms. The van der Waals surface area contributed by atoms with Crippen LogP contribution in [0.2, 0.25) is 0 Å². The van der Waals surface area contributed by atoms with Gasteiger partial charge in [-0.2, -0.15) is 26.3 Å². The molecule has 0 amide bonds. The van der Waals surface area contributed by atoms with Crippen LogP contribution in [-0.4, -0.2) is 64.5 Å². The molecule has 8 saturated carbocycles. The molecule has 0 N–H and O–H groups in total. The molecule has 7 nitrogen and oxygen atoms in total. The van der Waals surface area contributed by atoms with E-state index in [1.54, 1.807) is 82.7 Å². The number of morpholine rings is 1. The number of sulfonamides is 2. The Bertz CT molecular complexity index is 1450. The van der Waals surface area contributed by atoms with Crippen LogP contribution in [0.5, 0.6) is 0 Å². The third kappa shape index (κ3) is 7.28. The summed E-state index contributed by atoms with van der Waals surface area (Å²) in [6, 6.07) is 9.90. The van der Waals surface area contributed by atoms with Gasteiger partial charge in [0.1, 0.15) is 0 Å². The van der Waals surface area contributed by atoms with E-state index < -0.39 is 31.1 Å². The Balaban J connectivity index is 0.000000225. The number of rotatable bonds is 6. The van der Waals surface area contributed by atoms with Crippen LogP contribution >= 0.6 is 7.92 Å². The van der Waals surface area contributed by atoms with Crippen molar-refractivity contribution < 1.29 is 70.3 Å². The summed E-state index contributed by atoms with van der Waals surface area (Å²) in [6.07, 6.45) is 19.0. The quantitative estimate of drug-likeness (QED) is 0.166. The molecular weight excluding hydrogens is 898 g/mol. The number of hydrogen-bond acceptors (Lipinski definition) is 6. The van der Waals surface area contributed by atoms with Crippen molar-refractivity contribution >= 4 is 39.0 Å². The molecular formula is C32H42AuF6N2O5PS2. The number of para-hydroxylation sites is 1. The molecule has 0 atom stereocenters. The number of ether oxygens (including phenoxy) is 1. The van der Waals surface area contributed by atoms with Crippen LogP contribution in [0.3, 0.4) is 0 Å². The molecule has 0 radical (unpaired) electrons. The van der Waals surface area contributed by atoms with Gasteiger partial charge >= 0.3 is 33.4 Å². The topological polar surface area (TPSA) is 94.8 Å². The van der Waals surface area contributed by atoms with Gasteiger partial charge < -0.3 is 13.8 Å². The number of benzene rings is 1. The molecule has 1 aromatic carbocycles. The normalized spacial score (nSPS) is 37.3.